The third-order valence-electron chi connectivity index (χ3n) is 4.77. The summed E-state index contributed by atoms with van der Waals surface area (Å²) in [5.74, 6) is 0.190. The maximum absolute atomic E-state index is 12.9. The second-order valence-electron chi connectivity index (χ2n) is 6.80. The van der Waals surface area contributed by atoms with Crippen LogP contribution in [0.3, 0.4) is 0 Å². The van der Waals surface area contributed by atoms with E-state index in [1.165, 1.54) is 6.26 Å². The van der Waals surface area contributed by atoms with Gasteiger partial charge < -0.3 is 14.1 Å². The number of para-hydroxylation sites is 1. The number of H-pyrrole nitrogens is 1. The number of nitrogens with one attached hydrogen (secondary N) is 1. The summed E-state index contributed by atoms with van der Waals surface area (Å²) < 4.78 is 10.9. The van der Waals surface area contributed by atoms with E-state index < -0.39 is 5.97 Å². The first-order chi connectivity index (χ1) is 15.1. The second kappa shape index (κ2) is 7.70. The number of fused-ring (bicyclic) bond motifs is 2. The lowest BCUT2D eigenvalue weighted by Gasteiger charge is -2.09. The quantitative estimate of drug-likeness (QED) is 0.412. The number of carbonyl (C=O) groups excluding carboxylic acids is 1. The third kappa shape index (κ3) is 3.67. The fourth-order valence-electron chi connectivity index (χ4n) is 3.34. The Balaban J connectivity index is 1.48. The van der Waals surface area contributed by atoms with E-state index in [2.05, 4.69) is 15.0 Å². The number of pyridine rings is 1. The number of esters is 1. The van der Waals surface area contributed by atoms with Crippen molar-refractivity contribution in [2.75, 3.05) is 0 Å². The van der Waals surface area contributed by atoms with Crippen molar-refractivity contribution in [1.82, 2.24) is 15.0 Å². The van der Waals surface area contributed by atoms with Crippen LogP contribution in [0.15, 0.2) is 76.1 Å². The number of ether oxygens (including phenoxy) is 1. The van der Waals surface area contributed by atoms with Crippen LogP contribution in [0.4, 0.5) is 0 Å². The van der Waals surface area contributed by atoms with Gasteiger partial charge in [0.1, 0.15) is 18.1 Å². The summed E-state index contributed by atoms with van der Waals surface area (Å²) in [7, 11) is 0. The highest BCUT2D eigenvalue weighted by molar-refractivity contribution is 6.31. The predicted molar refractivity (Wildman–Crippen MR) is 116 cm³/mol. The Kier molecular flexibility index (Phi) is 4.72. The van der Waals surface area contributed by atoms with Crippen molar-refractivity contribution in [2.24, 2.45) is 0 Å². The van der Waals surface area contributed by atoms with Gasteiger partial charge in [0.05, 0.1) is 28.2 Å². The van der Waals surface area contributed by atoms with Crippen molar-refractivity contribution in [2.45, 2.75) is 6.61 Å². The number of carbonyl (C=O) groups is 1. The molecule has 0 amide bonds. The van der Waals surface area contributed by atoms with Crippen LogP contribution < -0.4 is 5.56 Å². The molecule has 3 aromatic heterocycles. The average molecular weight is 432 g/mol. The Morgan fingerprint density at radius 1 is 1.00 bits per heavy atom. The maximum atomic E-state index is 12.9. The standard InChI is InChI=1S/C23H14ClN3O4/c24-13-7-8-15-18(10-13)26-21(27-22(15)28)12-31-23(29)16-11-19(20-6-3-9-30-20)25-17-5-2-1-4-14(16)17/h1-11H,12H2,(H,26,27,28). The van der Waals surface area contributed by atoms with E-state index in [4.69, 9.17) is 20.8 Å². The lowest BCUT2D eigenvalue weighted by molar-refractivity contribution is 0.0464. The first-order valence-electron chi connectivity index (χ1n) is 9.38. The smallest absolute Gasteiger partial charge is 0.339 e. The summed E-state index contributed by atoms with van der Waals surface area (Å²) in [5.41, 5.74) is 1.58. The topological polar surface area (TPSA) is 98.1 Å². The van der Waals surface area contributed by atoms with Crippen molar-refractivity contribution in [3.63, 3.8) is 0 Å². The average Bonchev–Trinajstić information content (AvgIpc) is 3.31. The predicted octanol–water partition coefficient (Wildman–Crippen LogP) is 4.74. The fraction of sp³-hybridized carbons (Fsp3) is 0.0435. The van der Waals surface area contributed by atoms with Gasteiger partial charge in [-0.2, -0.15) is 0 Å². The van der Waals surface area contributed by atoms with Crippen LogP contribution in [0.1, 0.15) is 16.2 Å². The molecule has 5 rings (SSSR count). The SMILES string of the molecule is O=C(OCc1nc2cc(Cl)ccc2c(=O)[nH]1)c1cc(-c2ccco2)nc2ccccc12. The van der Waals surface area contributed by atoms with Crippen molar-refractivity contribution in [3.05, 3.63) is 93.7 Å². The molecule has 7 nitrogen and oxygen atoms in total. The Bertz CT molecular complexity index is 1490. The molecule has 5 aromatic rings. The number of hydrogen-bond donors (Lipinski definition) is 1. The molecule has 0 saturated heterocycles. The second-order valence-corrected chi connectivity index (χ2v) is 7.24. The molecule has 0 aliphatic heterocycles. The zero-order valence-corrected chi connectivity index (χ0v) is 16.7. The summed E-state index contributed by atoms with van der Waals surface area (Å²) in [6.45, 7) is -0.205. The monoisotopic (exact) mass is 431 g/mol. The molecule has 0 fully saturated rings. The number of benzene rings is 2. The minimum atomic E-state index is -0.569. The van der Waals surface area contributed by atoms with Crippen LogP contribution in [0.2, 0.25) is 5.02 Å². The number of aromatic amines is 1. The first-order valence-corrected chi connectivity index (χ1v) is 9.75. The molecule has 1 N–H and O–H groups in total. The molecule has 2 aromatic carbocycles. The highest BCUT2D eigenvalue weighted by Gasteiger charge is 2.17. The Morgan fingerprint density at radius 2 is 1.87 bits per heavy atom. The lowest BCUT2D eigenvalue weighted by atomic mass is 10.1. The van der Waals surface area contributed by atoms with Gasteiger partial charge in [-0.25, -0.2) is 14.8 Å². The van der Waals surface area contributed by atoms with Crippen molar-refractivity contribution < 1.29 is 13.9 Å². The van der Waals surface area contributed by atoms with Crippen LogP contribution in [0.5, 0.6) is 0 Å². The van der Waals surface area contributed by atoms with Gasteiger partial charge in [0, 0.05) is 10.4 Å². The Labute approximate surface area is 180 Å². The zero-order valence-electron chi connectivity index (χ0n) is 16.0. The minimum Gasteiger partial charge on any atom is -0.463 e. The molecule has 0 radical (unpaired) electrons. The van der Waals surface area contributed by atoms with Crippen molar-refractivity contribution in [1.29, 1.82) is 0 Å². The molecule has 0 aliphatic carbocycles. The van der Waals surface area contributed by atoms with Gasteiger partial charge in [-0.05, 0) is 42.5 Å². The molecule has 3 heterocycles. The van der Waals surface area contributed by atoms with E-state index in [1.807, 2.05) is 18.2 Å². The van der Waals surface area contributed by atoms with Crippen molar-refractivity contribution in [3.8, 4) is 11.5 Å². The number of halogens is 1. The number of nitrogens with zero attached hydrogens (tertiary/aromatic N) is 2. The largest absolute Gasteiger partial charge is 0.463 e. The van der Waals surface area contributed by atoms with Crippen LogP contribution in [-0.4, -0.2) is 20.9 Å². The summed E-state index contributed by atoms with van der Waals surface area (Å²) >= 11 is 5.99. The van der Waals surface area contributed by atoms with Crippen LogP contribution in [0.25, 0.3) is 33.3 Å². The molecular formula is C23H14ClN3O4. The number of rotatable bonds is 4. The third-order valence-corrected chi connectivity index (χ3v) is 5.00. The van der Waals surface area contributed by atoms with E-state index in [0.29, 0.717) is 43.8 Å². The lowest BCUT2D eigenvalue weighted by Crippen LogP contribution is -2.15. The van der Waals surface area contributed by atoms with E-state index in [1.54, 1.807) is 42.5 Å². The molecule has 0 atom stereocenters. The summed E-state index contributed by atoms with van der Waals surface area (Å²) in [4.78, 5) is 36.7. The molecule has 0 spiro atoms. The molecule has 0 unspecified atom stereocenters. The molecule has 0 bridgehead atoms. The van der Waals surface area contributed by atoms with Crippen LogP contribution in [0, 0.1) is 0 Å². The summed E-state index contributed by atoms with van der Waals surface area (Å²) in [6.07, 6.45) is 1.54. The van der Waals surface area contributed by atoms with E-state index >= 15 is 0 Å². The van der Waals surface area contributed by atoms with Gasteiger partial charge in [0.15, 0.2) is 5.76 Å². The van der Waals surface area contributed by atoms with E-state index in [-0.39, 0.29) is 18.0 Å². The highest BCUT2D eigenvalue weighted by atomic mass is 35.5. The van der Waals surface area contributed by atoms with E-state index in [0.717, 1.165) is 0 Å². The first kappa shape index (κ1) is 19.0. The molecule has 31 heavy (non-hydrogen) atoms. The minimum absolute atomic E-state index is 0.205. The summed E-state index contributed by atoms with van der Waals surface area (Å²) in [5, 5.41) is 1.51. The molecule has 0 aliphatic rings. The van der Waals surface area contributed by atoms with Gasteiger partial charge >= 0.3 is 5.97 Å². The van der Waals surface area contributed by atoms with Gasteiger partial charge in [0.2, 0.25) is 0 Å². The van der Waals surface area contributed by atoms with Crippen molar-refractivity contribution >= 4 is 39.4 Å². The Morgan fingerprint density at radius 3 is 2.71 bits per heavy atom. The van der Waals surface area contributed by atoms with Crippen LogP contribution in [-0.2, 0) is 11.3 Å². The normalized spacial score (nSPS) is 11.1. The van der Waals surface area contributed by atoms with Gasteiger partial charge in [-0.3, -0.25) is 4.79 Å². The zero-order chi connectivity index (χ0) is 21.4. The summed E-state index contributed by atoms with van der Waals surface area (Å²) in [6, 6.07) is 17.2. The number of hydrogen-bond acceptors (Lipinski definition) is 6. The molecular weight excluding hydrogens is 418 g/mol. The van der Waals surface area contributed by atoms with Gasteiger partial charge in [-0.1, -0.05) is 29.8 Å². The molecule has 0 saturated carbocycles. The maximum Gasteiger partial charge on any atom is 0.339 e. The van der Waals surface area contributed by atoms with Gasteiger partial charge in [0.25, 0.3) is 5.56 Å². The molecule has 152 valence electrons. The van der Waals surface area contributed by atoms with Crippen LogP contribution >= 0.6 is 11.6 Å². The highest BCUT2D eigenvalue weighted by Crippen LogP contribution is 2.26. The number of aromatic nitrogens is 3. The van der Waals surface area contributed by atoms with Gasteiger partial charge in [-0.15, -0.1) is 0 Å². The van der Waals surface area contributed by atoms with E-state index in [9.17, 15) is 9.59 Å². The number of furan rings is 1. The molecule has 8 heteroatoms. The fourth-order valence-corrected chi connectivity index (χ4v) is 3.50. The Hall–Kier alpha value is -3.97.